The summed E-state index contributed by atoms with van der Waals surface area (Å²) < 4.78 is 28.6. The number of carbonyl (C=O) groups is 2. The number of nitrogens with zero attached hydrogens (tertiary/aromatic N) is 2. The van der Waals surface area contributed by atoms with E-state index in [1.54, 1.807) is 18.5 Å². The molecule has 0 saturated heterocycles. The highest BCUT2D eigenvalue weighted by atomic mass is 35.5. The molecule has 2 N–H and O–H groups in total. The highest BCUT2D eigenvalue weighted by Crippen LogP contribution is 2.31. The number of carbonyl (C=O) groups excluding carboxylic acids is 2. The summed E-state index contributed by atoms with van der Waals surface area (Å²) in [4.78, 5) is 23.9. The van der Waals surface area contributed by atoms with E-state index in [1.807, 2.05) is 5.32 Å². The first-order valence-corrected chi connectivity index (χ1v) is 8.18. The lowest BCUT2D eigenvalue weighted by Crippen LogP contribution is -2.35. The van der Waals surface area contributed by atoms with Gasteiger partial charge in [-0.05, 0) is 30.3 Å². The van der Waals surface area contributed by atoms with E-state index in [0.717, 1.165) is 18.2 Å². The Kier molecular flexibility index (Phi) is 5.38. The smallest absolute Gasteiger partial charge is 0.308 e. The minimum absolute atomic E-state index is 0.167. The standard InChI is InChI=1S/C17H10Cl2F2N4O2/c18-10-7-9(8-11(19)15(10)25-6-2-5-22-25)23-17(27)24-16(26)14-12(20)3-1-4-13(14)21/h1-8H,(H2,23,24,26,27). The number of halogens is 4. The van der Waals surface area contributed by atoms with Gasteiger partial charge in [-0.2, -0.15) is 5.10 Å². The number of hydrogen-bond acceptors (Lipinski definition) is 3. The molecule has 138 valence electrons. The number of amides is 3. The summed E-state index contributed by atoms with van der Waals surface area (Å²) >= 11 is 12.3. The monoisotopic (exact) mass is 410 g/mol. The topological polar surface area (TPSA) is 76.0 Å². The van der Waals surface area contributed by atoms with Crippen molar-refractivity contribution >= 4 is 40.8 Å². The third-order valence-electron chi connectivity index (χ3n) is 3.43. The number of nitrogens with one attached hydrogen (secondary N) is 2. The van der Waals surface area contributed by atoms with Crippen LogP contribution in [0.3, 0.4) is 0 Å². The fourth-order valence-electron chi connectivity index (χ4n) is 2.30. The first kappa shape index (κ1) is 18.8. The largest absolute Gasteiger partial charge is 0.326 e. The molecular weight excluding hydrogens is 401 g/mol. The van der Waals surface area contributed by atoms with Crippen LogP contribution in [0.1, 0.15) is 10.4 Å². The second kappa shape index (κ2) is 7.73. The van der Waals surface area contributed by atoms with Crippen LogP contribution >= 0.6 is 23.2 Å². The van der Waals surface area contributed by atoms with E-state index >= 15 is 0 Å². The van der Waals surface area contributed by atoms with Crippen LogP contribution in [0.2, 0.25) is 10.0 Å². The number of urea groups is 1. The molecule has 1 heterocycles. The lowest BCUT2D eigenvalue weighted by molar-refractivity contribution is 0.0959. The van der Waals surface area contributed by atoms with Crippen molar-refractivity contribution in [2.75, 3.05) is 5.32 Å². The zero-order valence-corrected chi connectivity index (χ0v) is 14.9. The Hall–Kier alpha value is -2.97. The predicted molar refractivity (Wildman–Crippen MR) is 96.4 cm³/mol. The quantitative estimate of drug-likeness (QED) is 0.670. The van der Waals surface area contributed by atoms with Crippen LogP contribution in [0.4, 0.5) is 19.3 Å². The Bertz CT molecular complexity index is 983. The minimum atomic E-state index is -1.23. The van der Waals surface area contributed by atoms with E-state index in [0.29, 0.717) is 5.69 Å². The van der Waals surface area contributed by atoms with Crippen molar-refractivity contribution in [3.8, 4) is 5.69 Å². The molecule has 1 aromatic heterocycles. The molecule has 2 aromatic carbocycles. The molecule has 0 atom stereocenters. The van der Waals surface area contributed by atoms with Gasteiger partial charge in [0.2, 0.25) is 0 Å². The SMILES string of the molecule is O=C(NC(=O)c1c(F)cccc1F)Nc1cc(Cl)c(-n2cccn2)c(Cl)c1. The van der Waals surface area contributed by atoms with Gasteiger partial charge in [0.05, 0.1) is 10.0 Å². The van der Waals surface area contributed by atoms with Crippen LogP contribution in [-0.4, -0.2) is 21.7 Å². The van der Waals surface area contributed by atoms with E-state index in [-0.39, 0.29) is 15.7 Å². The van der Waals surface area contributed by atoms with Crippen LogP contribution in [0.15, 0.2) is 48.8 Å². The molecule has 0 bridgehead atoms. The fraction of sp³-hybridized carbons (Fsp3) is 0. The Morgan fingerprint density at radius 3 is 2.22 bits per heavy atom. The first-order valence-electron chi connectivity index (χ1n) is 7.42. The summed E-state index contributed by atoms with van der Waals surface area (Å²) in [6.45, 7) is 0. The van der Waals surface area contributed by atoms with Gasteiger partial charge in [0.1, 0.15) is 22.9 Å². The second-order valence-electron chi connectivity index (χ2n) is 5.24. The van der Waals surface area contributed by atoms with Crippen molar-refractivity contribution < 1.29 is 18.4 Å². The van der Waals surface area contributed by atoms with Crippen molar-refractivity contribution in [3.63, 3.8) is 0 Å². The Balaban J connectivity index is 1.76. The number of anilines is 1. The lowest BCUT2D eigenvalue weighted by Gasteiger charge is -2.12. The third-order valence-corrected chi connectivity index (χ3v) is 4.00. The summed E-state index contributed by atoms with van der Waals surface area (Å²) in [6, 6.07) is 6.36. The Labute approximate surface area is 161 Å². The Morgan fingerprint density at radius 2 is 1.67 bits per heavy atom. The predicted octanol–water partition coefficient (Wildman–Crippen LogP) is 4.42. The van der Waals surface area contributed by atoms with E-state index in [1.165, 1.54) is 16.8 Å². The van der Waals surface area contributed by atoms with Crippen molar-refractivity contribution in [3.05, 3.63) is 76.0 Å². The van der Waals surface area contributed by atoms with E-state index in [9.17, 15) is 18.4 Å². The number of benzene rings is 2. The van der Waals surface area contributed by atoms with Gasteiger partial charge in [0.25, 0.3) is 5.91 Å². The molecule has 27 heavy (non-hydrogen) atoms. The van der Waals surface area contributed by atoms with Gasteiger partial charge < -0.3 is 5.32 Å². The maximum atomic E-state index is 13.6. The van der Waals surface area contributed by atoms with Crippen molar-refractivity contribution in [2.24, 2.45) is 0 Å². The zero-order valence-electron chi connectivity index (χ0n) is 13.3. The number of aromatic nitrogens is 2. The number of hydrogen-bond donors (Lipinski definition) is 2. The average molecular weight is 411 g/mol. The second-order valence-corrected chi connectivity index (χ2v) is 6.06. The number of rotatable bonds is 3. The van der Waals surface area contributed by atoms with Gasteiger partial charge >= 0.3 is 6.03 Å². The highest BCUT2D eigenvalue weighted by Gasteiger charge is 2.19. The molecule has 3 rings (SSSR count). The van der Waals surface area contributed by atoms with E-state index in [2.05, 4.69) is 10.4 Å². The molecule has 0 saturated carbocycles. The molecule has 3 aromatic rings. The summed E-state index contributed by atoms with van der Waals surface area (Å²) in [5.41, 5.74) is -0.295. The van der Waals surface area contributed by atoms with Crippen LogP contribution < -0.4 is 10.6 Å². The summed E-state index contributed by atoms with van der Waals surface area (Å²) in [5.74, 6) is -3.40. The van der Waals surface area contributed by atoms with Crippen LogP contribution in [0, 0.1) is 11.6 Å². The lowest BCUT2D eigenvalue weighted by atomic mass is 10.2. The van der Waals surface area contributed by atoms with Gasteiger partial charge in [-0.25, -0.2) is 18.3 Å². The molecule has 0 aliphatic heterocycles. The molecule has 0 aliphatic carbocycles. The maximum absolute atomic E-state index is 13.6. The average Bonchev–Trinajstić information content (AvgIpc) is 3.07. The number of imide groups is 1. The van der Waals surface area contributed by atoms with Gasteiger partial charge in [-0.3, -0.25) is 10.1 Å². The van der Waals surface area contributed by atoms with Crippen LogP contribution in [-0.2, 0) is 0 Å². The summed E-state index contributed by atoms with van der Waals surface area (Å²) in [6.07, 6.45) is 3.17. The molecule has 0 unspecified atom stereocenters. The molecule has 6 nitrogen and oxygen atoms in total. The fourth-order valence-corrected chi connectivity index (χ4v) is 2.96. The first-order chi connectivity index (χ1) is 12.9. The van der Waals surface area contributed by atoms with Gasteiger partial charge in [0, 0.05) is 18.1 Å². The summed E-state index contributed by atoms with van der Waals surface area (Å²) in [5, 5.41) is 8.55. The third kappa shape index (κ3) is 4.07. The molecule has 0 spiro atoms. The van der Waals surface area contributed by atoms with Gasteiger partial charge in [-0.1, -0.05) is 29.3 Å². The zero-order chi connectivity index (χ0) is 19.6. The summed E-state index contributed by atoms with van der Waals surface area (Å²) in [7, 11) is 0. The molecule has 0 fully saturated rings. The molecular formula is C17H10Cl2F2N4O2. The van der Waals surface area contributed by atoms with E-state index in [4.69, 9.17) is 23.2 Å². The normalized spacial score (nSPS) is 10.5. The van der Waals surface area contributed by atoms with Gasteiger partial charge in [-0.15, -0.1) is 0 Å². The van der Waals surface area contributed by atoms with Crippen molar-refractivity contribution in [1.82, 2.24) is 15.1 Å². The highest BCUT2D eigenvalue weighted by molar-refractivity contribution is 6.38. The maximum Gasteiger partial charge on any atom is 0.326 e. The van der Waals surface area contributed by atoms with Crippen LogP contribution in [0.25, 0.3) is 5.69 Å². The molecule has 0 aliphatic rings. The molecule has 0 radical (unpaired) electrons. The van der Waals surface area contributed by atoms with Crippen molar-refractivity contribution in [2.45, 2.75) is 0 Å². The van der Waals surface area contributed by atoms with E-state index < -0.39 is 29.1 Å². The Morgan fingerprint density at radius 1 is 1.04 bits per heavy atom. The van der Waals surface area contributed by atoms with Crippen molar-refractivity contribution in [1.29, 1.82) is 0 Å². The minimum Gasteiger partial charge on any atom is -0.308 e. The molecule has 10 heteroatoms. The van der Waals surface area contributed by atoms with Gasteiger partial charge in [0.15, 0.2) is 0 Å². The van der Waals surface area contributed by atoms with Crippen LogP contribution in [0.5, 0.6) is 0 Å². The molecule has 3 amide bonds.